The molecule has 28 heavy (non-hydrogen) atoms. The number of piperazine rings is 1. The molecule has 0 spiro atoms. The van der Waals surface area contributed by atoms with E-state index in [0.717, 1.165) is 0 Å². The summed E-state index contributed by atoms with van der Waals surface area (Å²) < 4.78 is 27.0. The molecule has 150 valence electrons. The van der Waals surface area contributed by atoms with Crippen molar-refractivity contribution >= 4 is 15.9 Å². The van der Waals surface area contributed by atoms with Crippen LogP contribution in [0.15, 0.2) is 29.2 Å². The molecule has 1 heterocycles. The Labute approximate surface area is 166 Å². The summed E-state index contributed by atoms with van der Waals surface area (Å²) in [5.74, 6) is -0.226. The Morgan fingerprint density at radius 3 is 2.43 bits per heavy atom. The van der Waals surface area contributed by atoms with Gasteiger partial charge in [0, 0.05) is 32.7 Å². The van der Waals surface area contributed by atoms with Gasteiger partial charge in [-0.1, -0.05) is 19.1 Å². The maximum atomic E-state index is 12.9. The Morgan fingerprint density at radius 1 is 1.21 bits per heavy atom. The SMILES string of the molecule is CCN(CC(=O)N1CCN(S(=O)(=O)c2ccccc2C#N)CC1)CC(C)C#N. The van der Waals surface area contributed by atoms with Crippen LogP contribution in [0.5, 0.6) is 0 Å². The minimum Gasteiger partial charge on any atom is -0.339 e. The predicted octanol–water partition coefficient (Wildman–Crippen LogP) is 0.873. The van der Waals surface area contributed by atoms with Crippen LogP contribution in [0.4, 0.5) is 0 Å². The number of rotatable bonds is 7. The second kappa shape index (κ2) is 9.65. The van der Waals surface area contributed by atoms with E-state index >= 15 is 0 Å². The average molecular weight is 404 g/mol. The van der Waals surface area contributed by atoms with Gasteiger partial charge in [0.25, 0.3) is 0 Å². The van der Waals surface area contributed by atoms with E-state index in [-0.39, 0.29) is 41.9 Å². The zero-order valence-corrected chi connectivity index (χ0v) is 17.0. The molecule has 0 N–H and O–H groups in total. The Bertz CT molecular complexity index is 880. The lowest BCUT2D eigenvalue weighted by atomic mass is 10.2. The Kier molecular flexibility index (Phi) is 7.53. The molecule has 0 bridgehead atoms. The lowest BCUT2D eigenvalue weighted by molar-refractivity contribution is -0.133. The predicted molar refractivity (Wildman–Crippen MR) is 103 cm³/mol. The van der Waals surface area contributed by atoms with Crippen LogP contribution >= 0.6 is 0 Å². The molecule has 1 aromatic rings. The monoisotopic (exact) mass is 403 g/mol. The Balaban J connectivity index is 1.99. The molecule has 0 aliphatic carbocycles. The highest BCUT2D eigenvalue weighted by molar-refractivity contribution is 7.89. The number of hydrogen-bond donors (Lipinski definition) is 0. The third-order valence-electron chi connectivity index (χ3n) is 4.78. The van der Waals surface area contributed by atoms with Crippen LogP contribution in [0.3, 0.4) is 0 Å². The van der Waals surface area contributed by atoms with E-state index in [1.165, 1.54) is 16.4 Å². The first kappa shape index (κ1) is 21.8. The molecule has 1 aliphatic rings. The summed E-state index contributed by atoms with van der Waals surface area (Å²) in [5, 5.41) is 18.1. The van der Waals surface area contributed by atoms with Crippen LogP contribution < -0.4 is 0 Å². The van der Waals surface area contributed by atoms with Gasteiger partial charge in [0.1, 0.15) is 6.07 Å². The molecule has 1 unspecified atom stereocenters. The number of carbonyl (C=O) groups excluding carboxylic acids is 1. The summed E-state index contributed by atoms with van der Waals surface area (Å²) in [7, 11) is -3.77. The molecule has 1 amide bonds. The number of amides is 1. The molecule has 2 rings (SSSR count). The van der Waals surface area contributed by atoms with Gasteiger partial charge >= 0.3 is 0 Å². The zero-order chi connectivity index (χ0) is 20.7. The van der Waals surface area contributed by atoms with Gasteiger partial charge in [-0.25, -0.2) is 8.42 Å². The number of nitrogens with zero attached hydrogens (tertiary/aromatic N) is 5. The Morgan fingerprint density at radius 2 is 1.86 bits per heavy atom. The largest absolute Gasteiger partial charge is 0.339 e. The van der Waals surface area contributed by atoms with Gasteiger partial charge in [-0.3, -0.25) is 9.69 Å². The number of likely N-dealkylation sites (N-methyl/N-ethyl adjacent to an activating group) is 1. The third kappa shape index (κ3) is 5.08. The number of carbonyl (C=O) groups is 1. The van der Waals surface area contributed by atoms with Crippen LogP contribution in [0.25, 0.3) is 0 Å². The fourth-order valence-corrected chi connectivity index (χ4v) is 4.69. The van der Waals surface area contributed by atoms with Gasteiger partial charge in [0.2, 0.25) is 15.9 Å². The zero-order valence-electron chi connectivity index (χ0n) is 16.2. The van der Waals surface area contributed by atoms with Gasteiger partial charge in [-0.2, -0.15) is 14.8 Å². The van der Waals surface area contributed by atoms with Crippen molar-refractivity contribution in [2.75, 3.05) is 45.8 Å². The van der Waals surface area contributed by atoms with Crippen LogP contribution in [0.1, 0.15) is 19.4 Å². The molecule has 9 heteroatoms. The highest BCUT2D eigenvalue weighted by Gasteiger charge is 2.31. The van der Waals surface area contributed by atoms with E-state index in [1.54, 1.807) is 17.0 Å². The molecule has 0 saturated carbocycles. The van der Waals surface area contributed by atoms with E-state index in [0.29, 0.717) is 26.2 Å². The average Bonchev–Trinajstić information content (AvgIpc) is 2.72. The van der Waals surface area contributed by atoms with E-state index in [1.807, 2.05) is 24.8 Å². The first-order valence-electron chi connectivity index (χ1n) is 9.22. The topological polar surface area (TPSA) is 109 Å². The first-order chi connectivity index (χ1) is 13.3. The summed E-state index contributed by atoms with van der Waals surface area (Å²) in [4.78, 5) is 16.1. The first-order valence-corrected chi connectivity index (χ1v) is 10.7. The van der Waals surface area contributed by atoms with Gasteiger partial charge in [0.05, 0.1) is 29.0 Å². The number of sulfonamides is 1. The molecule has 1 aliphatic heterocycles. The molecule has 1 atom stereocenters. The minimum atomic E-state index is -3.77. The van der Waals surface area contributed by atoms with Crippen LogP contribution in [0, 0.1) is 28.6 Å². The van der Waals surface area contributed by atoms with Crippen molar-refractivity contribution in [2.45, 2.75) is 18.7 Å². The molecule has 1 saturated heterocycles. The smallest absolute Gasteiger partial charge is 0.244 e. The highest BCUT2D eigenvalue weighted by Crippen LogP contribution is 2.21. The van der Waals surface area contributed by atoms with Crippen LogP contribution in [-0.2, 0) is 14.8 Å². The fourth-order valence-electron chi connectivity index (χ4n) is 3.13. The second-order valence-corrected chi connectivity index (χ2v) is 8.66. The van der Waals surface area contributed by atoms with Crippen molar-refractivity contribution in [3.8, 4) is 12.1 Å². The van der Waals surface area contributed by atoms with Gasteiger partial charge in [-0.15, -0.1) is 0 Å². The summed E-state index contributed by atoms with van der Waals surface area (Å²) in [6, 6.07) is 10.2. The number of hydrogen-bond acceptors (Lipinski definition) is 6. The fraction of sp³-hybridized carbons (Fsp3) is 0.526. The molecule has 1 aromatic carbocycles. The van der Waals surface area contributed by atoms with Gasteiger partial charge in [-0.05, 0) is 25.6 Å². The number of nitriles is 2. The van der Waals surface area contributed by atoms with Crippen molar-refractivity contribution < 1.29 is 13.2 Å². The summed E-state index contributed by atoms with van der Waals surface area (Å²) in [6.45, 7) is 6.14. The van der Waals surface area contributed by atoms with E-state index in [4.69, 9.17) is 5.26 Å². The van der Waals surface area contributed by atoms with Gasteiger partial charge in [0.15, 0.2) is 0 Å². The maximum absolute atomic E-state index is 12.9. The third-order valence-corrected chi connectivity index (χ3v) is 6.73. The normalized spacial score (nSPS) is 16.4. The highest BCUT2D eigenvalue weighted by atomic mass is 32.2. The molecule has 1 fully saturated rings. The van der Waals surface area contributed by atoms with Crippen LogP contribution in [-0.4, -0.2) is 74.2 Å². The summed E-state index contributed by atoms with van der Waals surface area (Å²) in [5.41, 5.74) is 0.117. The van der Waals surface area contributed by atoms with E-state index < -0.39 is 10.0 Å². The van der Waals surface area contributed by atoms with Crippen molar-refractivity contribution in [3.05, 3.63) is 29.8 Å². The summed E-state index contributed by atoms with van der Waals surface area (Å²) >= 11 is 0. The van der Waals surface area contributed by atoms with E-state index in [9.17, 15) is 18.5 Å². The lowest BCUT2D eigenvalue weighted by Gasteiger charge is -2.35. The Hall–Kier alpha value is -2.46. The molecule has 0 aromatic heterocycles. The standard InChI is InChI=1S/C19H25N5O3S/c1-3-22(14-16(2)12-20)15-19(25)23-8-10-24(11-9-23)28(26,27)18-7-5-4-6-17(18)13-21/h4-7,16H,3,8-11,14-15H2,1-2H3. The number of benzene rings is 1. The van der Waals surface area contributed by atoms with Crippen molar-refractivity contribution in [1.82, 2.24) is 14.1 Å². The second-order valence-electron chi connectivity index (χ2n) is 6.75. The minimum absolute atomic E-state index is 0.0000688. The molecular weight excluding hydrogens is 378 g/mol. The molecular formula is C19H25N5O3S. The van der Waals surface area contributed by atoms with Crippen molar-refractivity contribution in [2.24, 2.45) is 5.92 Å². The van der Waals surface area contributed by atoms with Crippen molar-refractivity contribution in [3.63, 3.8) is 0 Å². The van der Waals surface area contributed by atoms with Crippen LogP contribution in [0.2, 0.25) is 0 Å². The lowest BCUT2D eigenvalue weighted by Crippen LogP contribution is -2.52. The van der Waals surface area contributed by atoms with E-state index in [2.05, 4.69) is 6.07 Å². The summed E-state index contributed by atoms with van der Waals surface area (Å²) in [6.07, 6.45) is 0. The van der Waals surface area contributed by atoms with Gasteiger partial charge < -0.3 is 4.90 Å². The molecule has 0 radical (unpaired) electrons. The molecule has 8 nitrogen and oxygen atoms in total. The van der Waals surface area contributed by atoms with Crippen molar-refractivity contribution in [1.29, 1.82) is 10.5 Å². The maximum Gasteiger partial charge on any atom is 0.244 e. The quantitative estimate of drug-likeness (QED) is 0.668.